The summed E-state index contributed by atoms with van der Waals surface area (Å²) < 4.78 is 45.1. The lowest BCUT2D eigenvalue weighted by molar-refractivity contribution is 0.0525. The highest BCUT2D eigenvalue weighted by atomic mass is 19.2. The Morgan fingerprint density at radius 1 is 0.881 bits per heavy atom. The largest absolute Gasteiger partial charge is 0.493 e. The molecule has 0 spiro atoms. The predicted molar refractivity (Wildman–Crippen MR) is 157 cm³/mol. The molecule has 0 saturated heterocycles. The van der Waals surface area contributed by atoms with Crippen molar-refractivity contribution in [2.75, 3.05) is 18.1 Å². The Morgan fingerprint density at radius 2 is 1.60 bits per heavy atom. The third-order valence-corrected chi connectivity index (χ3v) is 6.73. The third-order valence-electron chi connectivity index (χ3n) is 6.73. The fraction of sp³-hybridized carbons (Fsp3) is 0.176. The van der Waals surface area contributed by atoms with E-state index in [2.05, 4.69) is 4.98 Å². The van der Waals surface area contributed by atoms with Crippen LogP contribution in [0.25, 0.3) is 11.5 Å². The second-order valence-corrected chi connectivity index (χ2v) is 9.54. The van der Waals surface area contributed by atoms with Gasteiger partial charge in [-0.05, 0) is 74.0 Å². The fourth-order valence-electron chi connectivity index (χ4n) is 4.57. The number of carbonyl (C=O) groups is 1. The SMILES string of the molecule is CCOC(=O)c1ccccc1CN(c1ccc(OCCc2nc(-c3ccccc3)oc2C)cc1)c1ccc(F)c(F)c1. The quantitative estimate of drug-likeness (QED) is 0.150. The van der Waals surface area contributed by atoms with Crippen LogP contribution in [-0.2, 0) is 17.7 Å². The van der Waals surface area contributed by atoms with Gasteiger partial charge >= 0.3 is 5.97 Å². The van der Waals surface area contributed by atoms with Crippen molar-refractivity contribution in [1.82, 2.24) is 4.98 Å². The molecule has 0 fully saturated rings. The number of esters is 1. The minimum Gasteiger partial charge on any atom is -0.493 e. The summed E-state index contributed by atoms with van der Waals surface area (Å²) in [6.45, 7) is 4.48. The molecule has 5 aromatic rings. The molecule has 8 heteroatoms. The van der Waals surface area contributed by atoms with Crippen molar-refractivity contribution < 1.29 is 27.5 Å². The van der Waals surface area contributed by atoms with E-state index < -0.39 is 17.6 Å². The molecule has 0 atom stereocenters. The van der Waals surface area contributed by atoms with Gasteiger partial charge in [-0.25, -0.2) is 18.6 Å². The molecular formula is C34H30F2N2O4. The lowest BCUT2D eigenvalue weighted by Crippen LogP contribution is -2.19. The van der Waals surface area contributed by atoms with Crippen molar-refractivity contribution in [2.45, 2.75) is 26.8 Å². The maximum Gasteiger partial charge on any atom is 0.338 e. The summed E-state index contributed by atoms with van der Waals surface area (Å²) in [7, 11) is 0. The summed E-state index contributed by atoms with van der Waals surface area (Å²) in [6.07, 6.45) is 0.565. The highest BCUT2D eigenvalue weighted by molar-refractivity contribution is 5.91. The van der Waals surface area contributed by atoms with Crippen molar-refractivity contribution in [2.24, 2.45) is 0 Å². The number of halogens is 2. The minimum absolute atomic E-state index is 0.218. The summed E-state index contributed by atoms with van der Waals surface area (Å²) in [5, 5.41) is 0. The molecule has 0 bridgehead atoms. The molecule has 4 aromatic carbocycles. The van der Waals surface area contributed by atoms with Crippen LogP contribution in [0.15, 0.2) is 101 Å². The third kappa shape index (κ3) is 6.66. The van der Waals surface area contributed by atoms with Gasteiger partial charge in [-0.15, -0.1) is 0 Å². The molecular weight excluding hydrogens is 538 g/mol. The molecule has 0 unspecified atom stereocenters. The number of anilines is 2. The Hall–Kier alpha value is -4.98. The van der Waals surface area contributed by atoms with Crippen LogP contribution in [0, 0.1) is 18.6 Å². The summed E-state index contributed by atoms with van der Waals surface area (Å²) in [4.78, 5) is 19.0. The number of hydrogen-bond acceptors (Lipinski definition) is 6. The van der Waals surface area contributed by atoms with Gasteiger partial charge in [0.25, 0.3) is 0 Å². The molecule has 0 saturated carbocycles. The molecule has 0 radical (unpaired) electrons. The molecule has 0 aliphatic heterocycles. The van der Waals surface area contributed by atoms with E-state index in [4.69, 9.17) is 13.9 Å². The van der Waals surface area contributed by atoms with Crippen LogP contribution in [0.2, 0.25) is 0 Å². The van der Waals surface area contributed by atoms with E-state index in [1.807, 2.05) is 73.7 Å². The van der Waals surface area contributed by atoms with Gasteiger partial charge in [0.15, 0.2) is 11.6 Å². The Kier molecular flexibility index (Phi) is 8.92. The van der Waals surface area contributed by atoms with Crippen LogP contribution < -0.4 is 9.64 Å². The van der Waals surface area contributed by atoms with Gasteiger partial charge in [-0.1, -0.05) is 36.4 Å². The number of ether oxygens (including phenoxy) is 2. The standard InChI is InChI=1S/C34H30F2N2O4/c1-3-40-34(39)29-12-8-7-11-25(29)22-38(27-15-18-30(35)31(36)21-27)26-13-16-28(17-14-26)41-20-19-32-23(2)42-33(37-32)24-9-5-4-6-10-24/h4-18,21H,3,19-20,22H2,1-2H3. The zero-order chi connectivity index (χ0) is 29.5. The zero-order valence-corrected chi connectivity index (χ0v) is 23.3. The zero-order valence-electron chi connectivity index (χ0n) is 23.3. The second-order valence-electron chi connectivity index (χ2n) is 9.54. The van der Waals surface area contributed by atoms with Crippen molar-refractivity contribution in [3.63, 3.8) is 0 Å². The van der Waals surface area contributed by atoms with Crippen molar-refractivity contribution in [3.8, 4) is 17.2 Å². The molecule has 42 heavy (non-hydrogen) atoms. The molecule has 1 heterocycles. The van der Waals surface area contributed by atoms with Crippen LogP contribution >= 0.6 is 0 Å². The number of benzene rings is 4. The van der Waals surface area contributed by atoms with Gasteiger partial charge < -0.3 is 18.8 Å². The van der Waals surface area contributed by atoms with E-state index >= 15 is 0 Å². The van der Waals surface area contributed by atoms with Gasteiger partial charge in [-0.2, -0.15) is 0 Å². The number of aryl methyl sites for hydroxylation is 1. The van der Waals surface area contributed by atoms with Crippen molar-refractivity contribution >= 4 is 17.3 Å². The Labute approximate surface area is 243 Å². The van der Waals surface area contributed by atoms with Gasteiger partial charge in [0.1, 0.15) is 11.5 Å². The summed E-state index contributed by atoms with van der Waals surface area (Å²) in [5.41, 5.74) is 3.96. The summed E-state index contributed by atoms with van der Waals surface area (Å²) >= 11 is 0. The molecule has 6 nitrogen and oxygen atoms in total. The van der Waals surface area contributed by atoms with Crippen LogP contribution in [0.5, 0.6) is 5.75 Å². The Bertz CT molecular complexity index is 1650. The lowest BCUT2D eigenvalue weighted by Gasteiger charge is -2.26. The highest BCUT2D eigenvalue weighted by Gasteiger charge is 2.18. The smallest absolute Gasteiger partial charge is 0.338 e. The van der Waals surface area contributed by atoms with Crippen molar-refractivity contribution in [3.05, 3.63) is 131 Å². The first kappa shape index (κ1) is 28.5. The maximum atomic E-state index is 14.3. The molecule has 1 aromatic heterocycles. The minimum atomic E-state index is -0.963. The van der Waals surface area contributed by atoms with E-state index in [1.165, 1.54) is 6.07 Å². The first-order chi connectivity index (χ1) is 20.4. The maximum absolute atomic E-state index is 14.3. The van der Waals surface area contributed by atoms with Gasteiger partial charge in [0.05, 0.1) is 24.5 Å². The number of rotatable bonds is 11. The van der Waals surface area contributed by atoms with Gasteiger partial charge in [0, 0.05) is 36.0 Å². The predicted octanol–water partition coefficient (Wildman–Crippen LogP) is 8.06. The van der Waals surface area contributed by atoms with E-state index in [0.717, 1.165) is 29.2 Å². The fourth-order valence-corrected chi connectivity index (χ4v) is 4.57. The Balaban J connectivity index is 1.32. The number of oxazole rings is 1. The lowest BCUT2D eigenvalue weighted by atomic mass is 10.1. The molecule has 5 rings (SSSR count). The first-order valence-electron chi connectivity index (χ1n) is 13.6. The van der Waals surface area contributed by atoms with Gasteiger partial charge in [-0.3, -0.25) is 0 Å². The average molecular weight is 569 g/mol. The molecule has 0 N–H and O–H groups in total. The van der Waals surface area contributed by atoms with E-state index in [1.54, 1.807) is 24.0 Å². The highest BCUT2D eigenvalue weighted by Crippen LogP contribution is 2.31. The molecule has 214 valence electrons. The van der Waals surface area contributed by atoms with E-state index in [-0.39, 0.29) is 13.2 Å². The van der Waals surface area contributed by atoms with Gasteiger partial charge in [0.2, 0.25) is 5.89 Å². The van der Waals surface area contributed by atoms with E-state index in [0.29, 0.717) is 47.2 Å². The van der Waals surface area contributed by atoms with Crippen molar-refractivity contribution in [1.29, 1.82) is 0 Å². The monoisotopic (exact) mass is 568 g/mol. The number of nitrogens with zero attached hydrogens (tertiary/aromatic N) is 2. The number of hydrogen-bond donors (Lipinski definition) is 0. The van der Waals surface area contributed by atoms with Crippen LogP contribution in [0.4, 0.5) is 20.2 Å². The Morgan fingerprint density at radius 3 is 2.33 bits per heavy atom. The van der Waals surface area contributed by atoms with Crippen LogP contribution in [0.3, 0.4) is 0 Å². The topological polar surface area (TPSA) is 64.8 Å². The normalized spacial score (nSPS) is 10.9. The number of aromatic nitrogens is 1. The number of carbonyl (C=O) groups excluding carboxylic acids is 1. The van der Waals surface area contributed by atoms with E-state index in [9.17, 15) is 13.6 Å². The summed E-state index contributed by atoms with van der Waals surface area (Å²) in [6, 6.07) is 27.8. The first-order valence-corrected chi connectivity index (χ1v) is 13.6. The molecule has 0 aliphatic rings. The molecule has 0 aliphatic carbocycles. The summed E-state index contributed by atoms with van der Waals surface area (Å²) in [5.74, 6) is -0.379. The average Bonchev–Trinajstić information content (AvgIpc) is 3.38. The second kappa shape index (κ2) is 13.1. The van der Waals surface area contributed by atoms with Crippen LogP contribution in [-0.4, -0.2) is 24.2 Å². The van der Waals surface area contributed by atoms with Crippen LogP contribution in [0.1, 0.15) is 34.3 Å². The molecule has 0 amide bonds.